The van der Waals surface area contributed by atoms with Gasteiger partial charge in [0, 0.05) is 12.7 Å². The smallest absolute Gasteiger partial charge is 0.275 e. The van der Waals surface area contributed by atoms with Gasteiger partial charge in [-0.3, -0.25) is 14.2 Å². The van der Waals surface area contributed by atoms with Crippen LogP contribution >= 0.6 is 11.6 Å². The molecule has 8 heteroatoms. The number of nitrogens with zero attached hydrogens (tertiary/aromatic N) is 4. The van der Waals surface area contributed by atoms with Gasteiger partial charge in [0.05, 0.1) is 29.1 Å². The zero-order valence-corrected chi connectivity index (χ0v) is 14.6. The Hall–Kier alpha value is -2.67. The molecular formula is C17H17ClFN5O. The Morgan fingerprint density at radius 1 is 1.40 bits per heavy atom. The molecule has 0 aliphatic rings. The van der Waals surface area contributed by atoms with Gasteiger partial charge in [-0.25, -0.2) is 4.39 Å². The van der Waals surface area contributed by atoms with E-state index in [0.717, 1.165) is 5.56 Å². The summed E-state index contributed by atoms with van der Waals surface area (Å²) < 4.78 is 16.4. The number of rotatable bonds is 5. The second-order valence-electron chi connectivity index (χ2n) is 5.57. The zero-order valence-electron chi connectivity index (χ0n) is 13.8. The number of carbonyl (C=O) groups is 1. The first kappa shape index (κ1) is 17.2. The van der Waals surface area contributed by atoms with E-state index in [-0.39, 0.29) is 11.7 Å². The van der Waals surface area contributed by atoms with Crippen LogP contribution in [-0.4, -0.2) is 25.5 Å². The Kier molecular flexibility index (Phi) is 4.85. The molecule has 3 aromatic rings. The van der Waals surface area contributed by atoms with E-state index in [1.165, 1.54) is 18.3 Å². The van der Waals surface area contributed by atoms with Crippen molar-refractivity contribution >= 4 is 23.2 Å². The minimum absolute atomic E-state index is 0.295. The van der Waals surface area contributed by atoms with Crippen molar-refractivity contribution in [2.75, 3.05) is 5.32 Å². The highest BCUT2D eigenvalue weighted by Crippen LogP contribution is 2.21. The molecule has 0 fully saturated rings. The number of benzene rings is 1. The number of nitrogens with one attached hydrogen (secondary N) is 1. The first-order valence-corrected chi connectivity index (χ1v) is 8.17. The van der Waals surface area contributed by atoms with Crippen LogP contribution in [0.3, 0.4) is 0 Å². The van der Waals surface area contributed by atoms with Crippen LogP contribution in [0.4, 0.5) is 10.1 Å². The monoisotopic (exact) mass is 361 g/mol. The second-order valence-corrected chi connectivity index (χ2v) is 5.95. The maximum Gasteiger partial charge on any atom is 0.275 e. The summed E-state index contributed by atoms with van der Waals surface area (Å²) in [5, 5.41) is 11.5. The Morgan fingerprint density at radius 2 is 2.20 bits per heavy atom. The average molecular weight is 362 g/mol. The normalized spacial score (nSPS) is 10.9. The van der Waals surface area contributed by atoms with Gasteiger partial charge in [-0.1, -0.05) is 23.7 Å². The van der Waals surface area contributed by atoms with Gasteiger partial charge in [0.1, 0.15) is 11.5 Å². The number of carbonyl (C=O) groups excluding carboxylic acids is 1. The lowest BCUT2D eigenvalue weighted by atomic mass is 10.2. The molecule has 1 aromatic carbocycles. The fourth-order valence-corrected chi connectivity index (χ4v) is 2.75. The summed E-state index contributed by atoms with van der Waals surface area (Å²) in [6.07, 6.45) is 3.21. The van der Waals surface area contributed by atoms with Crippen LogP contribution in [0.25, 0.3) is 0 Å². The summed E-state index contributed by atoms with van der Waals surface area (Å²) in [5.41, 5.74) is 2.23. The third-order valence-electron chi connectivity index (χ3n) is 3.69. The number of aryl methyl sites for hydroxylation is 2. The Morgan fingerprint density at radius 3 is 2.92 bits per heavy atom. The van der Waals surface area contributed by atoms with Gasteiger partial charge in [-0.15, -0.1) is 0 Å². The molecule has 0 saturated heterocycles. The minimum Gasteiger partial charge on any atom is -0.318 e. The maximum atomic E-state index is 13.2. The van der Waals surface area contributed by atoms with Crippen LogP contribution in [0, 0.1) is 12.7 Å². The second kappa shape index (κ2) is 7.06. The molecule has 1 N–H and O–H groups in total. The van der Waals surface area contributed by atoms with Gasteiger partial charge < -0.3 is 5.32 Å². The topological polar surface area (TPSA) is 64.7 Å². The molecule has 130 valence electrons. The molecule has 6 nitrogen and oxygen atoms in total. The van der Waals surface area contributed by atoms with Gasteiger partial charge in [-0.2, -0.15) is 10.2 Å². The lowest BCUT2D eigenvalue weighted by Crippen LogP contribution is -2.17. The molecule has 25 heavy (non-hydrogen) atoms. The number of hydrogen-bond acceptors (Lipinski definition) is 3. The summed E-state index contributed by atoms with van der Waals surface area (Å²) in [5.74, 6) is -0.645. The van der Waals surface area contributed by atoms with E-state index in [1.54, 1.807) is 28.6 Å². The molecule has 0 saturated carbocycles. The van der Waals surface area contributed by atoms with E-state index < -0.39 is 0 Å². The van der Waals surface area contributed by atoms with Crippen LogP contribution in [-0.2, 0) is 13.1 Å². The van der Waals surface area contributed by atoms with Crippen molar-refractivity contribution in [1.82, 2.24) is 19.6 Å². The van der Waals surface area contributed by atoms with Gasteiger partial charge in [-0.05, 0) is 31.5 Å². The van der Waals surface area contributed by atoms with Gasteiger partial charge in [0.2, 0.25) is 0 Å². The molecule has 0 unspecified atom stereocenters. The molecule has 0 spiro atoms. The molecule has 0 aliphatic heterocycles. The molecule has 0 bridgehead atoms. The summed E-state index contributed by atoms with van der Waals surface area (Å²) >= 11 is 6.18. The van der Waals surface area contributed by atoms with Crippen molar-refractivity contribution in [3.05, 3.63) is 64.5 Å². The van der Waals surface area contributed by atoms with E-state index >= 15 is 0 Å². The highest BCUT2D eigenvalue weighted by molar-refractivity contribution is 6.34. The molecule has 1 amide bonds. The quantitative estimate of drug-likeness (QED) is 0.756. The van der Waals surface area contributed by atoms with E-state index in [9.17, 15) is 9.18 Å². The van der Waals surface area contributed by atoms with Crippen molar-refractivity contribution in [2.45, 2.75) is 26.9 Å². The molecule has 2 heterocycles. The Balaban J connectivity index is 1.74. The minimum atomic E-state index is -0.349. The van der Waals surface area contributed by atoms with Crippen LogP contribution in [0.1, 0.15) is 28.7 Å². The van der Waals surface area contributed by atoms with E-state index in [2.05, 4.69) is 15.5 Å². The highest BCUT2D eigenvalue weighted by atomic mass is 35.5. The van der Waals surface area contributed by atoms with E-state index in [0.29, 0.717) is 35.2 Å². The molecule has 0 radical (unpaired) electrons. The number of amides is 1. The fraction of sp³-hybridized carbons (Fsp3) is 0.235. The van der Waals surface area contributed by atoms with Crippen LogP contribution in [0.5, 0.6) is 0 Å². The first-order chi connectivity index (χ1) is 12.0. The van der Waals surface area contributed by atoms with Gasteiger partial charge >= 0.3 is 0 Å². The SMILES string of the molecule is CCn1nc(C)c(Cl)c1C(=O)Nc1cnn(Cc2cccc(F)c2)c1. The molecule has 0 aliphatic carbocycles. The number of halogens is 2. The van der Waals surface area contributed by atoms with Crippen LogP contribution in [0.15, 0.2) is 36.7 Å². The standard InChI is InChI=1S/C17H17ClFN5O/c1-3-24-16(15(18)11(2)22-24)17(25)21-14-8-20-23(10-14)9-12-5-4-6-13(19)7-12/h4-8,10H,3,9H2,1-2H3,(H,21,25). The molecule has 3 rings (SSSR count). The van der Waals surface area contributed by atoms with Crippen LogP contribution < -0.4 is 5.32 Å². The average Bonchev–Trinajstić information content (AvgIpc) is 3.12. The van der Waals surface area contributed by atoms with Crippen LogP contribution in [0.2, 0.25) is 5.02 Å². The first-order valence-electron chi connectivity index (χ1n) is 7.79. The molecular weight excluding hydrogens is 345 g/mol. The van der Waals surface area contributed by atoms with Gasteiger partial charge in [0.25, 0.3) is 5.91 Å². The van der Waals surface area contributed by atoms with Crippen molar-refractivity contribution in [3.63, 3.8) is 0 Å². The zero-order chi connectivity index (χ0) is 18.0. The summed E-state index contributed by atoms with van der Waals surface area (Å²) in [6, 6.07) is 6.29. The largest absolute Gasteiger partial charge is 0.318 e. The lowest BCUT2D eigenvalue weighted by molar-refractivity contribution is 0.101. The third-order valence-corrected chi connectivity index (χ3v) is 4.15. The summed E-state index contributed by atoms with van der Waals surface area (Å²) in [7, 11) is 0. The van der Waals surface area contributed by atoms with Crippen molar-refractivity contribution in [1.29, 1.82) is 0 Å². The Labute approximate surface area is 149 Å². The fourth-order valence-electron chi connectivity index (χ4n) is 2.53. The lowest BCUT2D eigenvalue weighted by Gasteiger charge is -2.05. The third kappa shape index (κ3) is 3.71. The van der Waals surface area contributed by atoms with Crippen molar-refractivity contribution in [3.8, 4) is 0 Å². The maximum absolute atomic E-state index is 13.2. The number of hydrogen-bond donors (Lipinski definition) is 1. The predicted molar refractivity (Wildman–Crippen MR) is 93.3 cm³/mol. The number of aromatic nitrogens is 4. The van der Waals surface area contributed by atoms with E-state index in [1.807, 2.05) is 13.0 Å². The predicted octanol–water partition coefficient (Wildman–Crippen LogP) is 3.50. The van der Waals surface area contributed by atoms with Crippen molar-refractivity contribution in [2.24, 2.45) is 0 Å². The van der Waals surface area contributed by atoms with Crippen molar-refractivity contribution < 1.29 is 9.18 Å². The van der Waals surface area contributed by atoms with Gasteiger partial charge in [0.15, 0.2) is 0 Å². The van der Waals surface area contributed by atoms with E-state index in [4.69, 9.17) is 11.6 Å². The highest BCUT2D eigenvalue weighted by Gasteiger charge is 2.20. The molecule has 2 aromatic heterocycles. The summed E-state index contributed by atoms with van der Waals surface area (Å²) in [6.45, 7) is 4.58. The molecule has 0 atom stereocenters. The number of anilines is 1. The Bertz CT molecular complexity index is 918. The summed E-state index contributed by atoms with van der Waals surface area (Å²) in [4.78, 5) is 12.5.